The Hall–Kier alpha value is -2.14. The number of anilines is 1. The zero-order valence-electron chi connectivity index (χ0n) is 11.6. The average Bonchev–Trinajstić information content (AvgIpc) is 3.17. The lowest BCUT2D eigenvalue weighted by Crippen LogP contribution is -2.36. The summed E-state index contributed by atoms with van der Waals surface area (Å²) in [4.78, 5) is 19.5. The number of hydrogen-bond donors (Lipinski definition) is 1. The molecule has 0 saturated carbocycles. The van der Waals surface area contributed by atoms with E-state index in [4.69, 9.17) is 0 Å². The number of carbonyl (C=O) groups excluding carboxylic acids is 1. The second-order valence-corrected chi connectivity index (χ2v) is 5.96. The van der Waals surface area contributed by atoms with Crippen molar-refractivity contribution in [2.24, 2.45) is 0 Å². The van der Waals surface area contributed by atoms with Gasteiger partial charge in [0, 0.05) is 36.3 Å². The third-order valence-electron chi connectivity index (χ3n) is 3.45. The number of nitrogens with zero attached hydrogens (tertiary/aromatic N) is 2. The normalized spacial score (nSPS) is 18.3. The molecule has 1 saturated heterocycles. The first-order valence-electron chi connectivity index (χ1n) is 6.99. The Bertz CT molecular complexity index is 610. The van der Waals surface area contributed by atoms with Crippen LogP contribution in [0.4, 0.5) is 5.82 Å². The highest BCUT2D eigenvalue weighted by molar-refractivity contribution is 7.10. The van der Waals surface area contributed by atoms with Gasteiger partial charge in [0.2, 0.25) is 5.91 Å². The molecule has 3 heterocycles. The summed E-state index contributed by atoms with van der Waals surface area (Å²) in [6, 6.07) is 10.1. The minimum atomic E-state index is -0.0312. The van der Waals surface area contributed by atoms with Crippen LogP contribution >= 0.6 is 11.3 Å². The third-order valence-corrected chi connectivity index (χ3v) is 4.29. The Balaban J connectivity index is 1.52. The smallest absolute Gasteiger partial charge is 0.244 e. The van der Waals surface area contributed by atoms with Crippen LogP contribution < -0.4 is 10.2 Å². The van der Waals surface area contributed by atoms with Crippen molar-refractivity contribution in [1.29, 1.82) is 0 Å². The van der Waals surface area contributed by atoms with Crippen LogP contribution in [0.1, 0.15) is 11.3 Å². The van der Waals surface area contributed by atoms with E-state index in [0.717, 1.165) is 30.2 Å². The Morgan fingerprint density at radius 1 is 1.38 bits per heavy atom. The summed E-state index contributed by atoms with van der Waals surface area (Å²) < 4.78 is 0. The summed E-state index contributed by atoms with van der Waals surface area (Å²) in [5, 5.41) is 5.05. The van der Waals surface area contributed by atoms with Gasteiger partial charge in [-0.15, -0.1) is 11.3 Å². The topological polar surface area (TPSA) is 45.2 Å². The number of carbonyl (C=O) groups is 1. The maximum atomic E-state index is 11.9. The maximum absolute atomic E-state index is 11.9. The predicted molar refractivity (Wildman–Crippen MR) is 86.4 cm³/mol. The molecule has 0 aliphatic carbocycles. The molecule has 4 nitrogen and oxygen atoms in total. The van der Waals surface area contributed by atoms with Gasteiger partial charge in [-0.2, -0.15) is 0 Å². The summed E-state index contributed by atoms with van der Waals surface area (Å²) in [6.45, 7) is 1.74. The lowest BCUT2D eigenvalue weighted by atomic mass is 10.2. The van der Waals surface area contributed by atoms with Gasteiger partial charge in [0.15, 0.2) is 0 Å². The first kappa shape index (κ1) is 13.8. The van der Waals surface area contributed by atoms with Gasteiger partial charge in [-0.1, -0.05) is 12.1 Å². The Morgan fingerprint density at radius 3 is 3.10 bits per heavy atom. The molecule has 2 aromatic heterocycles. The number of hydrogen-bond acceptors (Lipinski definition) is 4. The minimum absolute atomic E-state index is 0.0312. The third kappa shape index (κ3) is 3.70. The second-order valence-electron chi connectivity index (χ2n) is 4.98. The molecule has 0 bridgehead atoms. The van der Waals surface area contributed by atoms with Crippen molar-refractivity contribution in [2.45, 2.75) is 12.5 Å². The van der Waals surface area contributed by atoms with Gasteiger partial charge < -0.3 is 10.2 Å². The highest BCUT2D eigenvalue weighted by Crippen LogP contribution is 2.17. The van der Waals surface area contributed by atoms with E-state index in [1.807, 2.05) is 41.8 Å². The fourth-order valence-electron chi connectivity index (χ4n) is 2.42. The molecule has 5 heteroatoms. The first-order chi connectivity index (χ1) is 10.3. The van der Waals surface area contributed by atoms with Crippen LogP contribution in [0.25, 0.3) is 6.08 Å². The zero-order valence-corrected chi connectivity index (χ0v) is 12.4. The highest BCUT2D eigenvalue weighted by atomic mass is 32.1. The number of amides is 1. The predicted octanol–water partition coefficient (Wildman–Crippen LogP) is 2.55. The van der Waals surface area contributed by atoms with Gasteiger partial charge in [-0.05, 0) is 36.1 Å². The molecule has 0 radical (unpaired) electrons. The van der Waals surface area contributed by atoms with Crippen LogP contribution in [-0.4, -0.2) is 30.0 Å². The van der Waals surface area contributed by atoms with E-state index >= 15 is 0 Å². The summed E-state index contributed by atoms with van der Waals surface area (Å²) in [5.74, 6) is 0.944. The van der Waals surface area contributed by atoms with Gasteiger partial charge in [0.05, 0.1) is 0 Å². The van der Waals surface area contributed by atoms with E-state index in [9.17, 15) is 4.79 Å². The van der Waals surface area contributed by atoms with E-state index in [-0.39, 0.29) is 11.9 Å². The molecule has 0 unspecified atom stereocenters. The number of rotatable bonds is 4. The average molecular weight is 299 g/mol. The number of nitrogens with one attached hydrogen (secondary N) is 1. The molecule has 21 heavy (non-hydrogen) atoms. The lowest BCUT2D eigenvalue weighted by Gasteiger charge is -2.17. The van der Waals surface area contributed by atoms with E-state index in [0.29, 0.717) is 0 Å². The quantitative estimate of drug-likeness (QED) is 0.883. The van der Waals surface area contributed by atoms with Crippen LogP contribution in [0.3, 0.4) is 0 Å². The molecule has 0 spiro atoms. The van der Waals surface area contributed by atoms with E-state index in [1.54, 1.807) is 23.6 Å². The van der Waals surface area contributed by atoms with Crippen molar-refractivity contribution in [3.63, 3.8) is 0 Å². The van der Waals surface area contributed by atoms with Gasteiger partial charge in [-0.25, -0.2) is 4.98 Å². The fraction of sp³-hybridized carbons (Fsp3) is 0.250. The second kappa shape index (κ2) is 6.54. The molecule has 0 aromatic carbocycles. The fourth-order valence-corrected chi connectivity index (χ4v) is 3.04. The van der Waals surface area contributed by atoms with Crippen molar-refractivity contribution < 1.29 is 4.79 Å². The molecular weight excluding hydrogens is 282 g/mol. The summed E-state index contributed by atoms with van der Waals surface area (Å²) in [5.41, 5.74) is 0. The molecule has 3 rings (SSSR count). The SMILES string of the molecule is O=C(/C=C/c1cccs1)N[C@@H]1CCN(c2ccccn2)C1. The van der Waals surface area contributed by atoms with Crippen LogP contribution in [0.15, 0.2) is 48.0 Å². The molecule has 2 aromatic rings. The van der Waals surface area contributed by atoms with Crippen molar-refractivity contribution in [3.8, 4) is 0 Å². The van der Waals surface area contributed by atoms with Crippen LogP contribution in [-0.2, 0) is 4.79 Å². The molecule has 1 fully saturated rings. The molecule has 1 aliphatic heterocycles. The van der Waals surface area contributed by atoms with Crippen LogP contribution in [0.5, 0.6) is 0 Å². The maximum Gasteiger partial charge on any atom is 0.244 e. The number of pyridine rings is 1. The number of thiophene rings is 1. The van der Waals surface area contributed by atoms with Crippen LogP contribution in [0.2, 0.25) is 0 Å². The zero-order chi connectivity index (χ0) is 14.5. The summed E-state index contributed by atoms with van der Waals surface area (Å²) >= 11 is 1.62. The van der Waals surface area contributed by atoms with E-state index in [1.165, 1.54) is 0 Å². The van der Waals surface area contributed by atoms with Crippen molar-refractivity contribution in [3.05, 3.63) is 52.9 Å². The minimum Gasteiger partial charge on any atom is -0.354 e. The Morgan fingerprint density at radius 2 is 2.33 bits per heavy atom. The standard InChI is InChI=1S/C16H17N3OS/c20-16(7-6-14-4-3-11-21-14)18-13-8-10-19(12-13)15-5-1-2-9-17-15/h1-7,9,11,13H,8,10,12H2,(H,18,20)/b7-6+/t13-/m1/s1. The largest absolute Gasteiger partial charge is 0.354 e. The van der Waals surface area contributed by atoms with E-state index < -0.39 is 0 Å². The van der Waals surface area contributed by atoms with E-state index in [2.05, 4.69) is 15.2 Å². The van der Waals surface area contributed by atoms with Gasteiger partial charge in [0.1, 0.15) is 5.82 Å². The summed E-state index contributed by atoms with van der Waals surface area (Å²) in [7, 11) is 0. The lowest BCUT2D eigenvalue weighted by molar-refractivity contribution is -0.117. The van der Waals surface area contributed by atoms with Gasteiger partial charge in [-0.3, -0.25) is 4.79 Å². The molecule has 108 valence electrons. The molecular formula is C16H17N3OS. The van der Waals surface area contributed by atoms with Gasteiger partial charge in [0.25, 0.3) is 0 Å². The molecule has 1 atom stereocenters. The van der Waals surface area contributed by atoms with Crippen molar-refractivity contribution in [2.75, 3.05) is 18.0 Å². The molecule has 1 aliphatic rings. The Kier molecular flexibility index (Phi) is 4.31. The Labute approximate surface area is 128 Å². The van der Waals surface area contributed by atoms with Crippen LogP contribution in [0, 0.1) is 0 Å². The van der Waals surface area contributed by atoms with Crippen molar-refractivity contribution in [1.82, 2.24) is 10.3 Å². The van der Waals surface area contributed by atoms with Gasteiger partial charge >= 0.3 is 0 Å². The highest BCUT2D eigenvalue weighted by Gasteiger charge is 2.23. The first-order valence-corrected chi connectivity index (χ1v) is 7.87. The molecule has 1 amide bonds. The number of aromatic nitrogens is 1. The monoisotopic (exact) mass is 299 g/mol. The molecule has 1 N–H and O–H groups in total. The summed E-state index contributed by atoms with van der Waals surface area (Å²) in [6.07, 6.45) is 6.21. The van der Waals surface area contributed by atoms with Crippen molar-refractivity contribution >= 4 is 29.1 Å².